The van der Waals surface area contributed by atoms with Gasteiger partial charge in [0.2, 0.25) is 0 Å². The number of hydrogen-bond donors (Lipinski definition) is 1. The van der Waals surface area contributed by atoms with Crippen LogP contribution in [0.15, 0.2) is 29.1 Å². The lowest BCUT2D eigenvalue weighted by atomic mass is 10.0. The molecule has 0 aliphatic heterocycles. The number of aromatic amines is 1. The fourth-order valence-corrected chi connectivity index (χ4v) is 2.83. The second kappa shape index (κ2) is 7.30. The minimum absolute atomic E-state index is 0.0532. The Kier molecular flexibility index (Phi) is 5.43. The van der Waals surface area contributed by atoms with Crippen molar-refractivity contribution in [3.05, 3.63) is 46.0 Å². The average Bonchev–Trinajstić information content (AvgIpc) is 2.73. The Morgan fingerprint density at radius 2 is 1.71 bits per heavy atom. The van der Waals surface area contributed by atoms with E-state index >= 15 is 0 Å². The molecule has 3 heteroatoms. The van der Waals surface area contributed by atoms with Crippen LogP contribution in [0, 0.1) is 6.92 Å². The maximum absolute atomic E-state index is 11.6. The first-order chi connectivity index (χ1) is 10.1. The smallest absolute Gasteiger partial charge is 0.309 e. The summed E-state index contributed by atoms with van der Waals surface area (Å²) in [4.78, 5) is 14.5. The zero-order valence-electron chi connectivity index (χ0n) is 13.4. The van der Waals surface area contributed by atoms with E-state index in [-0.39, 0.29) is 5.69 Å². The van der Waals surface area contributed by atoms with Crippen molar-refractivity contribution < 1.29 is 0 Å². The molecule has 1 heterocycles. The Morgan fingerprint density at radius 3 is 2.29 bits per heavy atom. The van der Waals surface area contributed by atoms with E-state index in [0.717, 1.165) is 23.4 Å². The van der Waals surface area contributed by atoms with Gasteiger partial charge in [0.1, 0.15) is 0 Å². The molecular weight excluding hydrogens is 260 g/mol. The molecule has 0 unspecified atom stereocenters. The molecule has 0 saturated carbocycles. The largest absolute Gasteiger partial charge is 0.325 e. The van der Waals surface area contributed by atoms with Gasteiger partial charge in [0.25, 0.3) is 0 Å². The van der Waals surface area contributed by atoms with Crippen LogP contribution < -0.4 is 5.69 Å². The molecule has 0 fully saturated rings. The molecule has 2 rings (SSSR count). The van der Waals surface area contributed by atoms with Gasteiger partial charge in [-0.25, -0.2) is 4.79 Å². The number of aryl methyl sites for hydroxylation is 2. The van der Waals surface area contributed by atoms with Crippen molar-refractivity contribution in [2.45, 2.75) is 52.4 Å². The van der Waals surface area contributed by atoms with Crippen LogP contribution in [0.2, 0.25) is 0 Å². The third-order valence-electron chi connectivity index (χ3n) is 4.09. The normalized spacial score (nSPS) is 11.0. The van der Waals surface area contributed by atoms with Crippen molar-refractivity contribution >= 4 is 0 Å². The third-order valence-corrected chi connectivity index (χ3v) is 4.09. The van der Waals surface area contributed by atoms with Crippen LogP contribution in [-0.4, -0.2) is 9.55 Å². The molecular formula is C18H26N2O. The molecule has 3 nitrogen and oxygen atoms in total. The highest BCUT2D eigenvalue weighted by molar-refractivity contribution is 5.62. The highest BCUT2D eigenvalue weighted by atomic mass is 16.1. The summed E-state index contributed by atoms with van der Waals surface area (Å²) in [5, 5.41) is 0. The van der Waals surface area contributed by atoms with Gasteiger partial charge >= 0.3 is 5.69 Å². The number of aromatic nitrogens is 2. The number of hydrogen-bond acceptors (Lipinski definition) is 1. The van der Waals surface area contributed by atoms with Crippen LogP contribution in [0.5, 0.6) is 0 Å². The Bertz CT molecular complexity index is 620. The fraction of sp³-hybridized carbons (Fsp3) is 0.500. The topological polar surface area (TPSA) is 37.8 Å². The summed E-state index contributed by atoms with van der Waals surface area (Å²) in [5.41, 5.74) is 4.34. The number of rotatable bonds is 7. The molecule has 1 aromatic heterocycles. The van der Waals surface area contributed by atoms with E-state index < -0.39 is 0 Å². The SMILES string of the molecule is CCCCCCCc1ccc(-c2c(C)[nH]c(=O)n2C)cc1. The molecule has 21 heavy (non-hydrogen) atoms. The third kappa shape index (κ3) is 3.87. The van der Waals surface area contributed by atoms with E-state index in [1.807, 2.05) is 14.0 Å². The Morgan fingerprint density at radius 1 is 1.05 bits per heavy atom. The predicted molar refractivity (Wildman–Crippen MR) is 88.7 cm³/mol. The molecule has 0 bridgehead atoms. The molecule has 2 aromatic rings. The monoisotopic (exact) mass is 286 g/mol. The van der Waals surface area contributed by atoms with E-state index in [1.165, 1.54) is 37.7 Å². The van der Waals surface area contributed by atoms with Gasteiger partial charge in [0.05, 0.1) is 5.69 Å². The zero-order chi connectivity index (χ0) is 15.2. The summed E-state index contributed by atoms with van der Waals surface area (Å²) in [6, 6.07) is 8.62. The summed E-state index contributed by atoms with van der Waals surface area (Å²) in [7, 11) is 1.81. The van der Waals surface area contributed by atoms with Gasteiger partial charge in [-0.15, -0.1) is 0 Å². The molecule has 0 amide bonds. The summed E-state index contributed by atoms with van der Waals surface area (Å²) < 4.78 is 1.68. The van der Waals surface area contributed by atoms with E-state index in [2.05, 4.69) is 36.2 Å². The maximum Gasteiger partial charge on any atom is 0.325 e. The van der Waals surface area contributed by atoms with Gasteiger partial charge in [-0.3, -0.25) is 4.57 Å². The quantitative estimate of drug-likeness (QED) is 0.761. The van der Waals surface area contributed by atoms with E-state index in [9.17, 15) is 4.79 Å². The first-order valence-electron chi connectivity index (χ1n) is 7.98. The lowest BCUT2D eigenvalue weighted by Crippen LogP contribution is -2.13. The number of nitrogens with zero attached hydrogens (tertiary/aromatic N) is 1. The molecule has 0 aliphatic carbocycles. The molecule has 0 spiro atoms. The van der Waals surface area contributed by atoms with Gasteiger partial charge < -0.3 is 4.98 Å². The molecule has 1 aromatic carbocycles. The van der Waals surface area contributed by atoms with Crippen LogP contribution in [0.4, 0.5) is 0 Å². The van der Waals surface area contributed by atoms with Gasteiger partial charge in [-0.05, 0) is 25.3 Å². The summed E-state index contributed by atoms with van der Waals surface area (Å²) in [5.74, 6) is 0. The summed E-state index contributed by atoms with van der Waals surface area (Å²) in [6.45, 7) is 4.19. The van der Waals surface area contributed by atoms with Crippen LogP contribution in [0.1, 0.15) is 50.3 Å². The molecule has 0 saturated heterocycles. The number of benzene rings is 1. The minimum atomic E-state index is -0.0532. The van der Waals surface area contributed by atoms with Crippen molar-refractivity contribution in [3.63, 3.8) is 0 Å². The van der Waals surface area contributed by atoms with Crippen molar-refractivity contribution in [2.75, 3.05) is 0 Å². The lowest BCUT2D eigenvalue weighted by molar-refractivity contribution is 0.632. The van der Waals surface area contributed by atoms with Gasteiger partial charge in [-0.1, -0.05) is 56.9 Å². The van der Waals surface area contributed by atoms with Crippen LogP contribution in [0.3, 0.4) is 0 Å². The lowest BCUT2D eigenvalue weighted by Gasteiger charge is -2.06. The molecule has 0 radical (unpaired) electrons. The number of H-pyrrole nitrogens is 1. The van der Waals surface area contributed by atoms with Crippen LogP contribution in [-0.2, 0) is 13.5 Å². The van der Waals surface area contributed by atoms with Gasteiger partial charge in [-0.2, -0.15) is 0 Å². The highest BCUT2D eigenvalue weighted by Gasteiger charge is 2.09. The summed E-state index contributed by atoms with van der Waals surface area (Å²) >= 11 is 0. The number of nitrogens with one attached hydrogen (secondary N) is 1. The first kappa shape index (κ1) is 15.6. The Labute approximate surface area is 127 Å². The van der Waals surface area contributed by atoms with Crippen molar-refractivity contribution in [1.29, 1.82) is 0 Å². The van der Waals surface area contributed by atoms with E-state index in [1.54, 1.807) is 4.57 Å². The number of unbranched alkanes of at least 4 members (excludes halogenated alkanes) is 4. The van der Waals surface area contributed by atoms with Crippen molar-refractivity contribution in [1.82, 2.24) is 9.55 Å². The average molecular weight is 286 g/mol. The van der Waals surface area contributed by atoms with Crippen molar-refractivity contribution in [2.24, 2.45) is 7.05 Å². The fourth-order valence-electron chi connectivity index (χ4n) is 2.83. The minimum Gasteiger partial charge on any atom is -0.309 e. The Balaban J connectivity index is 2.00. The summed E-state index contributed by atoms with van der Waals surface area (Å²) in [6.07, 6.45) is 7.72. The molecule has 114 valence electrons. The van der Waals surface area contributed by atoms with Gasteiger partial charge in [0.15, 0.2) is 0 Å². The second-order valence-electron chi connectivity index (χ2n) is 5.82. The van der Waals surface area contributed by atoms with Crippen molar-refractivity contribution in [3.8, 4) is 11.3 Å². The van der Waals surface area contributed by atoms with Gasteiger partial charge in [0, 0.05) is 18.3 Å². The Hall–Kier alpha value is -1.77. The second-order valence-corrected chi connectivity index (χ2v) is 5.82. The molecule has 0 aliphatic rings. The maximum atomic E-state index is 11.6. The van der Waals surface area contributed by atoms with Crippen LogP contribution >= 0.6 is 0 Å². The molecule has 0 atom stereocenters. The predicted octanol–water partition coefficient (Wildman–Crippen LogP) is 4.20. The standard InChI is InChI=1S/C18H26N2O/c1-4-5-6-7-8-9-15-10-12-16(13-11-15)17-14(2)19-18(21)20(17)3/h10-13H,4-9H2,1-3H3,(H,19,21). The van der Waals surface area contributed by atoms with E-state index in [4.69, 9.17) is 0 Å². The van der Waals surface area contributed by atoms with Crippen LogP contribution in [0.25, 0.3) is 11.3 Å². The first-order valence-corrected chi connectivity index (χ1v) is 7.98. The zero-order valence-corrected chi connectivity index (χ0v) is 13.4. The highest BCUT2D eigenvalue weighted by Crippen LogP contribution is 2.21. The number of imidazole rings is 1. The molecule has 1 N–H and O–H groups in total. The van der Waals surface area contributed by atoms with E-state index in [0.29, 0.717) is 0 Å².